The number of hydrogen-bond acceptors (Lipinski definition) is 4. The van der Waals surface area contributed by atoms with Crippen LogP contribution in [0.25, 0.3) is 0 Å². The van der Waals surface area contributed by atoms with Gasteiger partial charge >= 0.3 is 0 Å². The van der Waals surface area contributed by atoms with Crippen LogP contribution < -0.4 is 15.8 Å². The van der Waals surface area contributed by atoms with Crippen molar-refractivity contribution in [3.63, 3.8) is 0 Å². The highest BCUT2D eigenvalue weighted by Crippen LogP contribution is 2.29. The number of thiophene rings is 1. The lowest BCUT2D eigenvalue weighted by molar-refractivity contribution is -0.116. The maximum absolute atomic E-state index is 12.5. The van der Waals surface area contributed by atoms with Crippen molar-refractivity contribution in [1.29, 1.82) is 0 Å². The van der Waals surface area contributed by atoms with Gasteiger partial charge in [-0.05, 0) is 67.5 Å². The highest BCUT2D eigenvalue weighted by Gasteiger charge is 2.23. The quantitative estimate of drug-likeness (QED) is 0.744. The zero-order valence-corrected chi connectivity index (χ0v) is 17.4. The summed E-state index contributed by atoms with van der Waals surface area (Å²) in [5.74, 6) is -0.644. The predicted molar refractivity (Wildman–Crippen MR) is 113 cm³/mol. The number of carbonyl (C=O) groups excluding carboxylic acids is 3. The molecule has 2 N–H and O–H groups in total. The van der Waals surface area contributed by atoms with Crippen LogP contribution in [0.4, 0.5) is 5.69 Å². The maximum atomic E-state index is 12.5. The third kappa shape index (κ3) is 4.19. The van der Waals surface area contributed by atoms with E-state index >= 15 is 0 Å². The first-order valence-electron chi connectivity index (χ1n) is 10.2. The summed E-state index contributed by atoms with van der Waals surface area (Å²) in [6.45, 7) is 2.17. The molecule has 0 atom stereocenters. The Kier molecular flexibility index (Phi) is 5.67. The van der Waals surface area contributed by atoms with Gasteiger partial charge in [0.05, 0.1) is 4.88 Å². The van der Waals surface area contributed by atoms with E-state index in [0.29, 0.717) is 17.0 Å². The molecule has 2 aromatic rings. The van der Waals surface area contributed by atoms with Crippen molar-refractivity contribution in [3.05, 3.63) is 50.7 Å². The zero-order valence-electron chi connectivity index (χ0n) is 16.5. The minimum absolute atomic E-state index is 0.00161. The Bertz CT molecular complexity index is 941. The van der Waals surface area contributed by atoms with Gasteiger partial charge in [0.1, 0.15) is 0 Å². The number of carbonyl (C=O) groups is 3. The van der Waals surface area contributed by atoms with Gasteiger partial charge in [-0.2, -0.15) is 0 Å². The molecule has 7 heteroatoms. The number of hydrazine groups is 1. The Morgan fingerprint density at radius 3 is 2.45 bits per heavy atom. The number of aryl methyl sites for hydroxylation is 2. The summed E-state index contributed by atoms with van der Waals surface area (Å²) in [6, 6.07) is 7.23. The first-order chi connectivity index (χ1) is 14.0. The molecule has 2 heterocycles. The molecule has 0 spiro atoms. The Hall–Kier alpha value is -2.67. The summed E-state index contributed by atoms with van der Waals surface area (Å²) in [7, 11) is 0. The Morgan fingerprint density at radius 2 is 1.66 bits per heavy atom. The molecule has 0 radical (unpaired) electrons. The molecule has 1 aliphatic heterocycles. The molecule has 0 saturated heterocycles. The van der Waals surface area contributed by atoms with Crippen molar-refractivity contribution in [2.24, 2.45) is 0 Å². The fourth-order valence-corrected chi connectivity index (χ4v) is 5.22. The second kappa shape index (κ2) is 8.37. The van der Waals surface area contributed by atoms with Gasteiger partial charge in [0.25, 0.3) is 11.8 Å². The van der Waals surface area contributed by atoms with Crippen molar-refractivity contribution in [2.75, 3.05) is 11.4 Å². The average molecular weight is 412 g/mol. The topological polar surface area (TPSA) is 78.5 Å². The SMILES string of the molecule is CC(=O)N1CCc2cc(C(=O)NNC(=O)c3cc4c(s3)CCCCCC4)ccc21. The number of benzene rings is 1. The van der Waals surface area contributed by atoms with Crippen LogP contribution in [-0.2, 0) is 24.1 Å². The summed E-state index contributed by atoms with van der Waals surface area (Å²) in [4.78, 5) is 40.3. The number of anilines is 1. The van der Waals surface area contributed by atoms with E-state index in [2.05, 4.69) is 10.9 Å². The third-order valence-corrected chi connectivity index (χ3v) is 6.86. The van der Waals surface area contributed by atoms with Gasteiger partial charge in [-0.1, -0.05) is 12.8 Å². The lowest BCUT2D eigenvalue weighted by Crippen LogP contribution is -2.41. The molecule has 4 rings (SSSR count). The van der Waals surface area contributed by atoms with Crippen LogP contribution in [0.15, 0.2) is 24.3 Å². The van der Waals surface area contributed by atoms with E-state index in [1.807, 2.05) is 6.07 Å². The number of nitrogens with zero attached hydrogens (tertiary/aromatic N) is 1. The summed E-state index contributed by atoms with van der Waals surface area (Å²) in [5, 5.41) is 0. The van der Waals surface area contributed by atoms with Crippen molar-refractivity contribution >= 4 is 34.7 Å². The number of fused-ring (bicyclic) bond motifs is 2. The van der Waals surface area contributed by atoms with Crippen LogP contribution in [0, 0.1) is 0 Å². The number of rotatable bonds is 2. The van der Waals surface area contributed by atoms with E-state index < -0.39 is 0 Å². The molecule has 3 amide bonds. The second-order valence-corrected chi connectivity index (χ2v) is 8.78. The van der Waals surface area contributed by atoms with Crippen LogP contribution in [0.5, 0.6) is 0 Å². The fraction of sp³-hybridized carbons (Fsp3) is 0.409. The van der Waals surface area contributed by atoms with E-state index in [-0.39, 0.29) is 17.7 Å². The monoisotopic (exact) mass is 411 g/mol. The minimum Gasteiger partial charge on any atom is -0.312 e. The van der Waals surface area contributed by atoms with Crippen molar-refractivity contribution in [2.45, 2.75) is 51.9 Å². The molecule has 0 bridgehead atoms. The lowest BCUT2D eigenvalue weighted by Gasteiger charge is -2.14. The van der Waals surface area contributed by atoms with Crippen LogP contribution in [0.2, 0.25) is 0 Å². The van der Waals surface area contributed by atoms with Crippen molar-refractivity contribution in [1.82, 2.24) is 10.9 Å². The number of nitrogens with one attached hydrogen (secondary N) is 2. The molecule has 2 aliphatic rings. The fourth-order valence-electron chi connectivity index (χ4n) is 4.07. The van der Waals surface area contributed by atoms with Gasteiger partial charge in [0.15, 0.2) is 0 Å². The number of amides is 3. The lowest BCUT2D eigenvalue weighted by atomic mass is 10.00. The van der Waals surface area contributed by atoms with E-state index in [1.165, 1.54) is 54.4 Å². The average Bonchev–Trinajstić information content (AvgIpc) is 3.29. The minimum atomic E-state index is -0.364. The predicted octanol–water partition coefficient (Wildman–Crippen LogP) is 3.39. The molecule has 0 unspecified atom stereocenters. The van der Waals surface area contributed by atoms with Gasteiger partial charge in [-0.3, -0.25) is 25.2 Å². The summed E-state index contributed by atoms with van der Waals surface area (Å²) < 4.78 is 0. The zero-order chi connectivity index (χ0) is 20.4. The van der Waals surface area contributed by atoms with Crippen LogP contribution in [0.3, 0.4) is 0 Å². The molecule has 1 aromatic heterocycles. The number of hydrogen-bond donors (Lipinski definition) is 2. The van der Waals surface area contributed by atoms with Gasteiger partial charge in [0.2, 0.25) is 5.91 Å². The first-order valence-corrected chi connectivity index (χ1v) is 11.0. The Morgan fingerprint density at radius 1 is 0.897 bits per heavy atom. The molecule has 1 aliphatic carbocycles. The summed E-state index contributed by atoms with van der Waals surface area (Å²) >= 11 is 1.53. The normalized spacial score (nSPS) is 15.7. The van der Waals surface area contributed by atoms with Crippen molar-refractivity contribution in [3.8, 4) is 0 Å². The molecular formula is C22H25N3O3S. The molecular weight excluding hydrogens is 386 g/mol. The van der Waals surface area contributed by atoms with Crippen LogP contribution >= 0.6 is 11.3 Å². The van der Waals surface area contributed by atoms with E-state index in [0.717, 1.165) is 30.5 Å². The molecule has 0 fully saturated rings. The highest BCUT2D eigenvalue weighted by molar-refractivity contribution is 7.14. The molecule has 1 aromatic carbocycles. The summed E-state index contributed by atoms with van der Waals surface area (Å²) in [6.07, 6.45) is 7.62. The van der Waals surface area contributed by atoms with Crippen LogP contribution in [-0.4, -0.2) is 24.3 Å². The molecule has 152 valence electrons. The standard InChI is InChI=1S/C22H25N3O3S/c1-14(26)25-11-10-15-12-17(8-9-18(15)25)21(27)23-24-22(28)20-13-16-6-4-2-3-5-7-19(16)29-20/h8-9,12-13H,2-7,10-11H2,1H3,(H,23,27)(H,24,28). The Labute approximate surface area is 174 Å². The van der Waals surface area contributed by atoms with Gasteiger partial charge in [0, 0.05) is 29.6 Å². The molecule has 6 nitrogen and oxygen atoms in total. The summed E-state index contributed by atoms with van der Waals surface area (Å²) in [5.41, 5.74) is 8.62. The smallest absolute Gasteiger partial charge is 0.279 e. The second-order valence-electron chi connectivity index (χ2n) is 7.65. The van der Waals surface area contributed by atoms with E-state index in [1.54, 1.807) is 23.1 Å². The highest BCUT2D eigenvalue weighted by atomic mass is 32.1. The first kappa shape index (κ1) is 19.6. The molecule has 29 heavy (non-hydrogen) atoms. The van der Waals surface area contributed by atoms with Crippen molar-refractivity contribution < 1.29 is 14.4 Å². The Balaban J connectivity index is 1.39. The van der Waals surface area contributed by atoms with Gasteiger partial charge in [-0.25, -0.2) is 0 Å². The largest absolute Gasteiger partial charge is 0.312 e. The van der Waals surface area contributed by atoms with Gasteiger partial charge < -0.3 is 4.90 Å². The van der Waals surface area contributed by atoms with E-state index in [9.17, 15) is 14.4 Å². The third-order valence-electron chi connectivity index (χ3n) is 5.63. The van der Waals surface area contributed by atoms with Gasteiger partial charge in [-0.15, -0.1) is 11.3 Å². The van der Waals surface area contributed by atoms with Crippen LogP contribution in [0.1, 0.15) is 68.6 Å². The maximum Gasteiger partial charge on any atom is 0.279 e. The molecule has 0 saturated carbocycles. The van der Waals surface area contributed by atoms with E-state index in [4.69, 9.17) is 0 Å².